The lowest BCUT2D eigenvalue weighted by molar-refractivity contribution is 0.634. The van der Waals surface area contributed by atoms with Crippen molar-refractivity contribution in [2.24, 2.45) is 5.92 Å². The Morgan fingerprint density at radius 1 is 1.08 bits per heavy atom. The maximum atomic E-state index is 2.29. The van der Waals surface area contributed by atoms with E-state index in [1.54, 1.807) is 0 Å². The molecule has 0 nitrogen and oxygen atoms in total. The predicted octanol–water partition coefficient (Wildman–Crippen LogP) is 4.34. The van der Waals surface area contributed by atoms with Crippen LogP contribution in [0.25, 0.3) is 0 Å². The van der Waals surface area contributed by atoms with Crippen molar-refractivity contribution in [3.63, 3.8) is 0 Å². The molecule has 0 rings (SSSR count). The van der Waals surface area contributed by atoms with Gasteiger partial charge in [-0.15, -0.1) is 0 Å². The highest BCUT2D eigenvalue weighted by atomic mass is 14.0. The van der Waals surface area contributed by atoms with Crippen molar-refractivity contribution in [2.45, 2.75) is 46.5 Å². The fourth-order valence-electron chi connectivity index (χ4n) is 1.15. The van der Waals surface area contributed by atoms with Crippen molar-refractivity contribution < 1.29 is 0 Å². The fourth-order valence-corrected chi connectivity index (χ4v) is 1.15. The second-order valence-corrected chi connectivity index (χ2v) is 3.37. The molecular weight excluding hydrogens is 144 g/mol. The third-order valence-electron chi connectivity index (χ3n) is 1.89. The Morgan fingerprint density at radius 3 is 2.42 bits per heavy atom. The van der Waals surface area contributed by atoms with Crippen LogP contribution in [0.2, 0.25) is 0 Å². The summed E-state index contributed by atoms with van der Waals surface area (Å²) in [6, 6.07) is 0. The van der Waals surface area contributed by atoms with Crippen LogP contribution >= 0.6 is 0 Å². The average Bonchev–Trinajstić information content (AvgIpc) is 2.05. The molecule has 0 saturated carbocycles. The molecule has 0 bridgehead atoms. The van der Waals surface area contributed by atoms with Crippen LogP contribution in [-0.2, 0) is 0 Å². The molecule has 0 amide bonds. The second kappa shape index (κ2) is 8.58. The maximum absolute atomic E-state index is 2.29. The Balaban J connectivity index is 3.46. The third kappa shape index (κ3) is 7.59. The summed E-state index contributed by atoms with van der Waals surface area (Å²) < 4.78 is 0. The Bertz CT molecular complexity index is 131. The average molecular weight is 166 g/mol. The first-order chi connectivity index (χ1) is 5.81. The number of hydrogen-bond acceptors (Lipinski definition) is 0. The van der Waals surface area contributed by atoms with Gasteiger partial charge in [-0.25, -0.2) is 0 Å². The number of allylic oxidation sites excluding steroid dienone is 4. The molecule has 0 aromatic heterocycles. The summed E-state index contributed by atoms with van der Waals surface area (Å²) in [6.07, 6.45) is 13.9. The molecule has 70 valence electrons. The molecule has 0 saturated heterocycles. The van der Waals surface area contributed by atoms with E-state index in [9.17, 15) is 0 Å². The molecule has 0 aliphatic carbocycles. The van der Waals surface area contributed by atoms with Crippen molar-refractivity contribution in [1.29, 1.82) is 0 Å². The summed E-state index contributed by atoms with van der Waals surface area (Å²) in [6.45, 7) is 6.71. The van der Waals surface area contributed by atoms with Gasteiger partial charge in [-0.1, -0.05) is 57.9 Å². The minimum atomic E-state index is 0.737. The van der Waals surface area contributed by atoms with E-state index in [-0.39, 0.29) is 0 Å². The molecule has 0 spiro atoms. The van der Waals surface area contributed by atoms with Gasteiger partial charge < -0.3 is 0 Å². The largest absolute Gasteiger partial charge is 0.0846 e. The SMILES string of the molecule is CCC/C=C/C=C\C(C)CCC. The minimum absolute atomic E-state index is 0.737. The molecule has 0 fully saturated rings. The normalized spacial score (nSPS) is 14.6. The summed E-state index contributed by atoms with van der Waals surface area (Å²) in [5.74, 6) is 0.737. The van der Waals surface area contributed by atoms with Gasteiger partial charge in [0.1, 0.15) is 0 Å². The highest BCUT2D eigenvalue weighted by Crippen LogP contribution is 2.06. The van der Waals surface area contributed by atoms with Gasteiger partial charge in [-0.3, -0.25) is 0 Å². The van der Waals surface area contributed by atoms with Crippen molar-refractivity contribution in [2.75, 3.05) is 0 Å². The monoisotopic (exact) mass is 166 g/mol. The van der Waals surface area contributed by atoms with Crippen LogP contribution in [0.15, 0.2) is 24.3 Å². The Labute approximate surface area is 77.4 Å². The lowest BCUT2D eigenvalue weighted by Gasteiger charge is -2.00. The van der Waals surface area contributed by atoms with Crippen LogP contribution in [0, 0.1) is 5.92 Å². The zero-order valence-corrected chi connectivity index (χ0v) is 8.72. The molecule has 0 aromatic rings. The summed E-state index contributed by atoms with van der Waals surface area (Å²) in [5, 5.41) is 0. The first-order valence-electron chi connectivity index (χ1n) is 5.14. The van der Waals surface area contributed by atoms with Gasteiger partial charge in [-0.05, 0) is 18.8 Å². The molecule has 1 unspecified atom stereocenters. The molecule has 1 atom stereocenters. The molecule has 0 heteroatoms. The first-order valence-corrected chi connectivity index (χ1v) is 5.14. The van der Waals surface area contributed by atoms with E-state index in [0.29, 0.717) is 0 Å². The summed E-state index contributed by atoms with van der Waals surface area (Å²) in [7, 11) is 0. The predicted molar refractivity (Wildman–Crippen MR) is 57.3 cm³/mol. The van der Waals surface area contributed by atoms with E-state index in [4.69, 9.17) is 0 Å². The Hall–Kier alpha value is -0.520. The smallest absolute Gasteiger partial charge is 0.0259 e. The van der Waals surface area contributed by atoms with E-state index in [1.165, 1.54) is 25.7 Å². The van der Waals surface area contributed by atoms with Gasteiger partial charge in [0, 0.05) is 0 Å². The topological polar surface area (TPSA) is 0 Å². The van der Waals surface area contributed by atoms with Gasteiger partial charge >= 0.3 is 0 Å². The summed E-state index contributed by atoms with van der Waals surface area (Å²) in [5.41, 5.74) is 0. The van der Waals surface area contributed by atoms with Crippen LogP contribution in [0.1, 0.15) is 46.5 Å². The van der Waals surface area contributed by atoms with E-state index < -0.39 is 0 Å². The van der Waals surface area contributed by atoms with Crippen LogP contribution in [0.5, 0.6) is 0 Å². The highest BCUT2D eigenvalue weighted by Gasteiger charge is 1.91. The van der Waals surface area contributed by atoms with E-state index >= 15 is 0 Å². The maximum Gasteiger partial charge on any atom is -0.0259 e. The zero-order chi connectivity index (χ0) is 9.23. The van der Waals surface area contributed by atoms with Gasteiger partial charge in [0.2, 0.25) is 0 Å². The van der Waals surface area contributed by atoms with Crippen molar-refractivity contribution in [3.05, 3.63) is 24.3 Å². The number of hydrogen-bond donors (Lipinski definition) is 0. The molecule has 0 radical (unpaired) electrons. The number of rotatable bonds is 6. The minimum Gasteiger partial charge on any atom is -0.0846 e. The Morgan fingerprint density at radius 2 is 1.83 bits per heavy atom. The molecule has 0 N–H and O–H groups in total. The second-order valence-electron chi connectivity index (χ2n) is 3.37. The summed E-state index contributed by atoms with van der Waals surface area (Å²) >= 11 is 0. The zero-order valence-electron chi connectivity index (χ0n) is 8.72. The molecule has 0 aliphatic heterocycles. The van der Waals surface area contributed by atoms with Crippen LogP contribution in [0.3, 0.4) is 0 Å². The van der Waals surface area contributed by atoms with Gasteiger partial charge in [-0.2, -0.15) is 0 Å². The van der Waals surface area contributed by atoms with Gasteiger partial charge in [0.15, 0.2) is 0 Å². The van der Waals surface area contributed by atoms with Gasteiger partial charge in [0.25, 0.3) is 0 Å². The van der Waals surface area contributed by atoms with E-state index in [1.807, 2.05) is 0 Å². The van der Waals surface area contributed by atoms with E-state index in [0.717, 1.165) is 5.92 Å². The third-order valence-corrected chi connectivity index (χ3v) is 1.89. The molecule has 0 heterocycles. The molecule has 0 aromatic carbocycles. The number of unbranched alkanes of at least 4 members (excludes halogenated alkanes) is 1. The highest BCUT2D eigenvalue weighted by molar-refractivity contribution is 5.03. The van der Waals surface area contributed by atoms with Crippen molar-refractivity contribution >= 4 is 0 Å². The molecular formula is C12H22. The van der Waals surface area contributed by atoms with E-state index in [2.05, 4.69) is 45.1 Å². The van der Waals surface area contributed by atoms with Crippen molar-refractivity contribution in [1.82, 2.24) is 0 Å². The van der Waals surface area contributed by atoms with Gasteiger partial charge in [0.05, 0.1) is 0 Å². The Kier molecular flexibility index (Phi) is 8.20. The molecule has 0 aliphatic rings. The quantitative estimate of drug-likeness (QED) is 0.515. The van der Waals surface area contributed by atoms with Crippen LogP contribution in [0.4, 0.5) is 0 Å². The standard InChI is InChI=1S/C12H22/c1-4-6-7-8-9-11-12(3)10-5-2/h7-9,11-12H,4-6,10H2,1-3H3/b8-7+,11-9-. The fraction of sp³-hybridized carbons (Fsp3) is 0.667. The lowest BCUT2D eigenvalue weighted by atomic mass is 10.1. The van der Waals surface area contributed by atoms with Crippen molar-refractivity contribution in [3.8, 4) is 0 Å². The van der Waals surface area contributed by atoms with Crippen LogP contribution < -0.4 is 0 Å². The summed E-state index contributed by atoms with van der Waals surface area (Å²) in [4.78, 5) is 0. The first kappa shape index (κ1) is 11.5. The van der Waals surface area contributed by atoms with Crippen LogP contribution in [-0.4, -0.2) is 0 Å². The lowest BCUT2D eigenvalue weighted by Crippen LogP contribution is -1.85. The molecule has 12 heavy (non-hydrogen) atoms.